The third kappa shape index (κ3) is 5.30. The first kappa shape index (κ1) is 22.9. The van der Waals surface area contributed by atoms with Crippen LogP contribution in [-0.2, 0) is 19.6 Å². The maximum atomic E-state index is 12.8. The van der Waals surface area contributed by atoms with E-state index in [0.717, 1.165) is 10.0 Å². The molecule has 31 heavy (non-hydrogen) atoms. The number of aromatic nitrogens is 1. The Labute approximate surface area is 187 Å². The summed E-state index contributed by atoms with van der Waals surface area (Å²) in [4.78, 5) is 27.4. The van der Waals surface area contributed by atoms with Gasteiger partial charge in [0.25, 0.3) is 5.91 Å². The van der Waals surface area contributed by atoms with Crippen molar-refractivity contribution >= 4 is 43.4 Å². The summed E-state index contributed by atoms with van der Waals surface area (Å²) < 4.78 is 32.2. The molecule has 2 N–H and O–H groups in total. The van der Waals surface area contributed by atoms with Crippen LogP contribution in [0, 0.1) is 0 Å². The first-order valence-electron chi connectivity index (χ1n) is 9.21. The molecule has 1 aliphatic rings. The average Bonchev–Trinajstić information content (AvgIpc) is 2.77. The average molecular weight is 510 g/mol. The van der Waals surface area contributed by atoms with E-state index in [9.17, 15) is 23.1 Å². The molecule has 0 aliphatic carbocycles. The lowest BCUT2D eigenvalue weighted by Crippen LogP contribution is -2.34. The van der Waals surface area contributed by atoms with Gasteiger partial charge in [-0.25, -0.2) is 13.4 Å². The van der Waals surface area contributed by atoms with Crippen LogP contribution in [0.15, 0.2) is 52.0 Å². The molecular weight excluding hydrogens is 490 g/mol. The van der Waals surface area contributed by atoms with Crippen molar-refractivity contribution in [2.75, 3.05) is 26.7 Å². The van der Waals surface area contributed by atoms with E-state index < -0.39 is 21.9 Å². The molecule has 2 aromatic rings. The lowest BCUT2D eigenvalue weighted by molar-refractivity contribution is -0.139. The van der Waals surface area contributed by atoms with E-state index in [-0.39, 0.29) is 36.0 Å². The third-order valence-electron chi connectivity index (χ3n) is 4.70. The van der Waals surface area contributed by atoms with Gasteiger partial charge in [0.1, 0.15) is 12.3 Å². The van der Waals surface area contributed by atoms with Gasteiger partial charge in [-0.15, -0.1) is 0 Å². The SMILES string of the molecule is COC(=O)CNC(=O)c1ncc(C2=CCN(S(=O)(=O)c3ccc(Br)cc3)CC2)cc1O. The molecule has 11 heteroatoms. The molecule has 0 unspecified atom stereocenters. The molecule has 0 saturated carbocycles. The fourth-order valence-electron chi connectivity index (χ4n) is 3.00. The van der Waals surface area contributed by atoms with E-state index in [1.54, 1.807) is 30.3 Å². The smallest absolute Gasteiger partial charge is 0.325 e. The highest BCUT2D eigenvalue weighted by molar-refractivity contribution is 9.10. The second-order valence-electron chi connectivity index (χ2n) is 6.65. The molecule has 1 aliphatic heterocycles. The molecule has 164 valence electrons. The van der Waals surface area contributed by atoms with Gasteiger partial charge in [0.05, 0.1) is 12.0 Å². The molecule has 0 bridgehead atoms. The molecule has 2 heterocycles. The number of amides is 1. The number of carbonyl (C=O) groups is 2. The van der Waals surface area contributed by atoms with Crippen LogP contribution in [0.1, 0.15) is 22.5 Å². The first-order chi connectivity index (χ1) is 14.7. The minimum Gasteiger partial charge on any atom is -0.505 e. The molecule has 0 fully saturated rings. The molecule has 1 aromatic heterocycles. The number of esters is 1. The Balaban J connectivity index is 1.71. The normalized spacial score (nSPS) is 14.6. The van der Waals surface area contributed by atoms with Crippen molar-refractivity contribution in [3.05, 3.63) is 58.3 Å². The number of sulfonamides is 1. The van der Waals surface area contributed by atoms with Crippen LogP contribution in [0.2, 0.25) is 0 Å². The minimum atomic E-state index is -3.61. The van der Waals surface area contributed by atoms with Crippen molar-refractivity contribution in [3.8, 4) is 5.75 Å². The Hall–Kier alpha value is -2.76. The summed E-state index contributed by atoms with van der Waals surface area (Å²) in [6.07, 6.45) is 3.61. The Morgan fingerprint density at radius 2 is 2.00 bits per heavy atom. The van der Waals surface area contributed by atoms with Crippen LogP contribution < -0.4 is 5.32 Å². The number of aromatic hydroxyl groups is 1. The number of nitrogens with zero attached hydrogens (tertiary/aromatic N) is 2. The zero-order valence-electron chi connectivity index (χ0n) is 16.5. The van der Waals surface area contributed by atoms with Crippen molar-refractivity contribution in [1.82, 2.24) is 14.6 Å². The monoisotopic (exact) mass is 509 g/mol. The topological polar surface area (TPSA) is 126 Å². The van der Waals surface area contributed by atoms with Crippen LogP contribution in [0.25, 0.3) is 5.57 Å². The van der Waals surface area contributed by atoms with E-state index in [1.807, 2.05) is 0 Å². The van der Waals surface area contributed by atoms with Gasteiger partial charge >= 0.3 is 5.97 Å². The first-order valence-corrected chi connectivity index (χ1v) is 11.4. The van der Waals surface area contributed by atoms with Gasteiger partial charge in [-0.05, 0) is 47.9 Å². The number of halogens is 1. The second kappa shape index (κ2) is 9.58. The summed E-state index contributed by atoms with van der Waals surface area (Å²) in [5.41, 5.74) is 1.18. The van der Waals surface area contributed by atoms with Crippen molar-refractivity contribution in [1.29, 1.82) is 0 Å². The fraction of sp³-hybridized carbons (Fsp3) is 0.250. The van der Waals surface area contributed by atoms with Crippen LogP contribution >= 0.6 is 15.9 Å². The zero-order valence-corrected chi connectivity index (χ0v) is 18.9. The van der Waals surface area contributed by atoms with Gasteiger partial charge in [0.15, 0.2) is 5.69 Å². The number of methoxy groups -OCH3 is 1. The molecular formula is C20H20BrN3O6S. The quantitative estimate of drug-likeness (QED) is 0.569. The summed E-state index contributed by atoms with van der Waals surface area (Å²) in [7, 11) is -2.42. The highest BCUT2D eigenvalue weighted by Gasteiger charge is 2.26. The predicted molar refractivity (Wildman–Crippen MR) is 116 cm³/mol. The van der Waals surface area contributed by atoms with Crippen LogP contribution in [-0.4, -0.2) is 61.4 Å². The maximum Gasteiger partial charge on any atom is 0.325 e. The van der Waals surface area contributed by atoms with Crippen molar-refractivity contribution in [3.63, 3.8) is 0 Å². The van der Waals surface area contributed by atoms with Crippen molar-refractivity contribution < 1.29 is 27.9 Å². The molecule has 1 amide bonds. The summed E-state index contributed by atoms with van der Waals surface area (Å²) in [5, 5.41) is 12.5. The summed E-state index contributed by atoms with van der Waals surface area (Å²) in [6.45, 7) is 0.105. The van der Waals surface area contributed by atoms with Gasteiger partial charge in [-0.2, -0.15) is 4.31 Å². The number of rotatable bonds is 6. The summed E-state index contributed by atoms with van der Waals surface area (Å²) >= 11 is 3.29. The summed E-state index contributed by atoms with van der Waals surface area (Å²) in [5.74, 6) is -1.68. The van der Waals surface area contributed by atoms with Gasteiger partial charge in [0, 0.05) is 23.8 Å². The van der Waals surface area contributed by atoms with Gasteiger partial charge in [0.2, 0.25) is 10.0 Å². The molecule has 1 aromatic carbocycles. The number of nitrogens with one attached hydrogen (secondary N) is 1. The van der Waals surface area contributed by atoms with Crippen molar-refractivity contribution in [2.45, 2.75) is 11.3 Å². The summed E-state index contributed by atoms with van der Waals surface area (Å²) in [6, 6.07) is 7.84. The highest BCUT2D eigenvalue weighted by atomic mass is 79.9. The number of benzene rings is 1. The second-order valence-corrected chi connectivity index (χ2v) is 9.50. The van der Waals surface area contributed by atoms with Gasteiger partial charge in [-0.3, -0.25) is 9.59 Å². The van der Waals surface area contributed by atoms with Gasteiger partial charge in [-0.1, -0.05) is 22.0 Å². The number of hydrogen-bond donors (Lipinski definition) is 2. The standard InChI is InChI=1S/C20H20BrN3O6S/c1-30-18(26)12-23-20(27)19-17(25)10-14(11-22-19)13-6-8-24(9-7-13)31(28,29)16-4-2-15(21)3-5-16/h2-6,10-11,25H,7-9,12H2,1H3,(H,23,27). The van der Waals surface area contributed by atoms with Crippen LogP contribution in [0.5, 0.6) is 5.75 Å². The Morgan fingerprint density at radius 1 is 1.29 bits per heavy atom. The Bertz CT molecular complexity index is 1130. The van der Waals surface area contributed by atoms with E-state index in [4.69, 9.17) is 0 Å². The largest absolute Gasteiger partial charge is 0.505 e. The number of hydrogen-bond acceptors (Lipinski definition) is 7. The lowest BCUT2D eigenvalue weighted by Gasteiger charge is -2.26. The van der Waals surface area contributed by atoms with E-state index >= 15 is 0 Å². The lowest BCUT2D eigenvalue weighted by atomic mass is 10.0. The predicted octanol–water partition coefficient (Wildman–Crippen LogP) is 1.93. The maximum absolute atomic E-state index is 12.8. The molecule has 0 radical (unpaired) electrons. The highest BCUT2D eigenvalue weighted by Crippen LogP contribution is 2.28. The third-order valence-corrected chi connectivity index (χ3v) is 7.11. The Morgan fingerprint density at radius 3 is 2.58 bits per heavy atom. The molecule has 0 spiro atoms. The number of pyridine rings is 1. The molecule has 9 nitrogen and oxygen atoms in total. The Kier molecular flexibility index (Phi) is 7.08. The van der Waals surface area contributed by atoms with E-state index in [2.05, 4.69) is 31.0 Å². The van der Waals surface area contributed by atoms with E-state index in [0.29, 0.717) is 12.0 Å². The minimum absolute atomic E-state index is 0.176. The van der Waals surface area contributed by atoms with Gasteiger partial charge < -0.3 is 15.2 Å². The fourth-order valence-corrected chi connectivity index (χ4v) is 4.64. The number of ether oxygens (including phenoxy) is 1. The zero-order chi connectivity index (χ0) is 22.6. The van der Waals surface area contributed by atoms with Crippen LogP contribution in [0.3, 0.4) is 0 Å². The molecule has 0 saturated heterocycles. The van der Waals surface area contributed by atoms with E-state index in [1.165, 1.54) is 23.7 Å². The molecule has 0 atom stereocenters. The van der Waals surface area contributed by atoms with Crippen molar-refractivity contribution in [2.24, 2.45) is 0 Å². The molecule has 3 rings (SSSR count). The van der Waals surface area contributed by atoms with Crippen LogP contribution in [0.4, 0.5) is 0 Å². The number of carbonyl (C=O) groups excluding carboxylic acids is 2.